The van der Waals surface area contributed by atoms with Crippen LogP contribution < -0.4 is 0 Å². The van der Waals surface area contributed by atoms with Crippen molar-refractivity contribution >= 4 is 34.3 Å². The highest BCUT2D eigenvalue weighted by Crippen LogP contribution is 2.43. The van der Waals surface area contributed by atoms with Crippen LogP contribution in [0.4, 0.5) is 0 Å². The van der Waals surface area contributed by atoms with E-state index in [1.165, 1.54) is 11.8 Å². The quantitative estimate of drug-likeness (QED) is 0.850. The molecular weight excluding hydrogens is 332 g/mol. The summed E-state index contributed by atoms with van der Waals surface area (Å²) in [5.74, 6) is 0.277. The van der Waals surface area contributed by atoms with E-state index in [2.05, 4.69) is 4.99 Å². The maximum absolute atomic E-state index is 12.6. The Bertz CT molecular complexity index is 904. The average molecular weight is 348 g/mol. The largest absolute Gasteiger partial charge is 0.295 e. The van der Waals surface area contributed by atoms with Crippen molar-refractivity contribution in [2.24, 2.45) is 4.99 Å². The molecule has 25 heavy (non-hydrogen) atoms. The summed E-state index contributed by atoms with van der Waals surface area (Å²) >= 11 is 1.43. The summed E-state index contributed by atoms with van der Waals surface area (Å²) in [5, 5.41) is 0.669. The molecule has 5 heteroatoms. The van der Waals surface area contributed by atoms with Crippen LogP contribution in [0.3, 0.4) is 0 Å². The number of Topliss-reactive ketones (excluding diaryl/α,β-unsaturated/α-hetero) is 1. The fourth-order valence-corrected chi connectivity index (χ4v) is 4.15. The van der Waals surface area contributed by atoms with Gasteiger partial charge in [0, 0.05) is 11.1 Å². The Morgan fingerprint density at radius 1 is 1.08 bits per heavy atom. The normalized spacial score (nSPS) is 19.7. The van der Waals surface area contributed by atoms with Crippen LogP contribution in [0.1, 0.15) is 24.1 Å². The maximum Gasteiger partial charge on any atom is 0.239 e. The van der Waals surface area contributed by atoms with E-state index < -0.39 is 6.04 Å². The molecule has 4 rings (SSSR count). The topological polar surface area (TPSA) is 49.7 Å². The molecule has 0 saturated carbocycles. The first kappa shape index (κ1) is 15.8. The Balaban J connectivity index is 1.98. The minimum atomic E-state index is -0.427. The lowest BCUT2D eigenvalue weighted by molar-refractivity contribution is -0.125. The molecule has 0 bridgehead atoms. The van der Waals surface area contributed by atoms with Gasteiger partial charge in [0.2, 0.25) is 5.91 Å². The van der Waals surface area contributed by atoms with E-state index in [9.17, 15) is 9.59 Å². The van der Waals surface area contributed by atoms with E-state index in [0.29, 0.717) is 22.2 Å². The zero-order valence-corrected chi connectivity index (χ0v) is 14.5. The lowest BCUT2D eigenvalue weighted by Gasteiger charge is -2.33. The smallest absolute Gasteiger partial charge is 0.239 e. The van der Waals surface area contributed by atoms with Crippen LogP contribution in [-0.4, -0.2) is 27.5 Å². The first-order chi connectivity index (χ1) is 12.2. The molecule has 0 N–H and O–H groups in total. The highest BCUT2D eigenvalue weighted by molar-refractivity contribution is 8.15. The van der Waals surface area contributed by atoms with E-state index in [1.54, 1.807) is 11.8 Å². The third-order valence-electron chi connectivity index (χ3n) is 4.34. The molecule has 1 amide bonds. The summed E-state index contributed by atoms with van der Waals surface area (Å²) in [5.41, 5.74) is 3.04. The zero-order chi connectivity index (χ0) is 17.4. The molecule has 2 heterocycles. The predicted octanol–water partition coefficient (Wildman–Crippen LogP) is 3.67. The Labute approximate surface area is 150 Å². The fourth-order valence-electron chi connectivity index (χ4n) is 3.25. The van der Waals surface area contributed by atoms with Gasteiger partial charge in [0.05, 0.1) is 17.5 Å². The molecule has 0 aromatic heterocycles. The number of carbonyl (C=O) groups excluding carboxylic acids is 2. The van der Waals surface area contributed by atoms with Crippen LogP contribution in [0, 0.1) is 0 Å². The van der Waals surface area contributed by atoms with E-state index in [4.69, 9.17) is 0 Å². The van der Waals surface area contributed by atoms with Gasteiger partial charge in [0.25, 0.3) is 0 Å². The van der Waals surface area contributed by atoms with Crippen molar-refractivity contribution in [3.63, 3.8) is 0 Å². The second-order valence-electron chi connectivity index (χ2n) is 5.94. The number of hydrogen-bond donors (Lipinski definition) is 0. The summed E-state index contributed by atoms with van der Waals surface area (Å²) in [4.78, 5) is 31.4. The van der Waals surface area contributed by atoms with Gasteiger partial charge in [-0.1, -0.05) is 72.4 Å². The molecule has 1 unspecified atom stereocenters. The summed E-state index contributed by atoms with van der Waals surface area (Å²) in [6, 6.07) is 18.9. The van der Waals surface area contributed by atoms with Gasteiger partial charge < -0.3 is 0 Å². The Morgan fingerprint density at radius 2 is 1.72 bits per heavy atom. The van der Waals surface area contributed by atoms with Crippen LogP contribution in [0.5, 0.6) is 0 Å². The molecule has 0 radical (unpaired) electrons. The number of rotatable bonds is 3. The van der Waals surface area contributed by atoms with Gasteiger partial charge in [-0.3, -0.25) is 14.5 Å². The van der Waals surface area contributed by atoms with E-state index >= 15 is 0 Å². The molecule has 1 atom stereocenters. The lowest BCUT2D eigenvalue weighted by Crippen LogP contribution is -2.38. The third-order valence-corrected chi connectivity index (χ3v) is 5.27. The zero-order valence-electron chi connectivity index (χ0n) is 13.7. The molecule has 2 aliphatic heterocycles. The minimum absolute atomic E-state index is 0.0107. The van der Waals surface area contributed by atoms with Crippen LogP contribution in [0.2, 0.25) is 0 Å². The minimum Gasteiger partial charge on any atom is -0.295 e. The van der Waals surface area contributed by atoms with Crippen molar-refractivity contribution in [2.45, 2.75) is 13.0 Å². The molecule has 0 aliphatic carbocycles. The SMILES string of the molecule is CC(=O)C1=C(c2ccccc2)N=C2SCC(=O)N2C1c1ccccc1. The highest BCUT2D eigenvalue weighted by atomic mass is 32.2. The summed E-state index contributed by atoms with van der Waals surface area (Å²) in [6.07, 6.45) is 0. The standard InChI is InChI=1S/C20H16N2O2S/c1-13(23)17-18(14-8-4-2-5-9-14)21-20-22(16(24)12-25-20)19(17)15-10-6-3-7-11-15/h2-11,19H,12H2,1H3. The number of amidine groups is 1. The van der Waals surface area contributed by atoms with Crippen molar-refractivity contribution in [1.82, 2.24) is 4.90 Å². The second kappa shape index (κ2) is 6.33. The van der Waals surface area contributed by atoms with Gasteiger partial charge in [-0.15, -0.1) is 0 Å². The number of fused-ring (bicyclic) bond motifs is 1. The average Bonchev–Trinajstić information content (AvgIpc) is 3.02. The predicted molar refractivity (Wildman–Crippen MR) is 100.0 cm³/mol. The molecule has 4 nitrogen and oxygen atoms in total. The number of hydrogen-bond acceptors (Lipinski definition) is 4. The van der Waals surface area contributed by atoms with Crippen molar-refractivity contribution in [2.75, 3.05) is 5.75 Å². The van der Waals surface area contributed by atoms with Crippen LogP contribution in [-0.2, 0) is 9.59 Å². The van der Waals surface area contributed by atoms with Gasteiger partial charge in [-0.05, 0) is 12.5 Å². The van der Waals surface area contributed by atoms with Crippen molar-refractivity contribution in [3.8, 4) is 0 Å². The molecule has 2 aliphatic rings. The van der Waals surface area contributed by atoms with Crippen molar-refractivity contribution in [1.29, 1.82) is 0 Å². The Kier molecular flexibility index (Phi) is 4.01. The monoisotopic (exact) mass is 348 g/mol. The van der Waals surface area contributed by atoms with E-state index in [-0.39, 0.29) is 11.7 Å². The molecule has 0 spiro atoms. The number of carbonyl (C=O) groups is 2. The summed E-state index contributed by atoms with van der Waals surface area (Å²) < 4.78 is 0. The van der Waals surface area contributed by atoms with E-state index in [0.717, 1.165) is 11.1 Å². The second-order valence-corrected chi connectivity index (χ2v) is 6.89. The molecule has 124 valence electrons. The summed E-state index contributed by atoms with van der Waals surface area (Å²) in [7, 11) is 0. The Hall–Kier alpha value is -2.66. The van der Waals surface area contributed by atoms with Crippen molar-refractivity contribution in [3.05, 3.63) is 77.4 Å². The first-order valence-electron chi connectivity index (χ1n) is 8.06. The fraction of sp³-hybridized carbons (Fsp3) is 0.150. The van der Waals surface area contributed by atoms with Crippen LogP contribution in [0.15, 0.2) is 71.2 Å². The third kappa shape index (κ3) is 2.70. The molecule has 1 fully saturated rings. The Morgan fingerprint density at radius 3 is 2.36 bits per heavy atom. The maximum atomic E-state index is 12.6. The van der Waals surface area contributed by atoms with Gasteiger partial charge in [0.15, 0.2) is 11.0 Å². The highest BCUT2D eigenvalue weighted by Gasteiger charge is 2.42. The number of thioether (sulfide) groups is 1. The number of aliphatic imine (C=N–C) groups is 1. The lowest BCUT2D eigenvalue weighted by atomic mass is 9.90. The summed E-state index contributed by atoms with van der Waals surface area (Å²) in [6.45, 7) is 1.54. The van der Waals surface area contributed by atoms with Crippen molar-refractivity contribution < 1.29 is 9.59 Å². The van der Waals surface area contributed by atoms with E-state index in [1.807, 2.05) is 60.7 Å². The van der Waals surface area contributed by atoms with Gasteiger partial charge in [-0.25, -0.2) is 4.99 Å². The number of nitrogens with zero attached hydrogens (tertiary/aromatic N) is 2. The van der Waals surface area contributed by atoms with Gasteiger partial charge >= 0.3 is 0 Å². The van der Waals surface area contributed by atoms with Crippen LogP contribution in [0.25, 0.3) is 5.70 Å². The first-order valence-corrected chi connectivity index (χ1v) is 9.04. The number of ketones is 1. The molecule has 2 aromatic rings. The van der Waals surface area contributed by atoms with Crippen LogP contribution >= 0.6 is 11.8 Å². The van der Waals surface area contributed by atoms with Gasteiger partial charge in [0.1, 0.15) is 0 Å². The van der Waals surface area contributed by atoms with Gasteiger partial charge in [-0.2, -0.15) is 0 Å². The molecular formula is C20H16N2O2S. The number of benzene rings is 2. The molecule has 2 aromatic carbocycles. The number of amides is 1. The molecule has 1 saturated heterocycles.